The third-order valence-electron chi connectivity index (χ3n) is 6.68. The van der Waals surface area contributed by atoms with E-state index < -0.39 is 0 Å². The first-order valence-corrected chi connectivity index (χ1v) is 9.32. The van der Waals surface area contributed by atoms with Crippen LogP contribution in [-0.4, -0.2) is 19.1 Å². The fourth-order valence-electron chi connectivity index (χ4n) is 4.56. The molecule has 25 heavy (non-hydrogen) atoms. The lowest BCUT2D eigenvalue weighted by molar-refractivity contribution is 0.0283. The first-order valence-electron chi connectivity index (χ1n) is 9.32. The van der Waals surface area contributed by atoms with E-state index in [4.69, 9.17) is 15.1 Å². The molecule has 132 valence electrons. The number of fused-ring (bicyclic) bond motifs is 5. The predicted octanol–water partition coefficient (Wildman–Crippen LogP) is 4.54. The molecule has 4 heteroatoms. The van der Waals surface area contributed by atoms with Gasteiger partial charge in [-0.05, 0) is 54.3 Å². The summed E-state index contributed by atoms with van der Waals surface area (Å²) >= 11 is 0. The zero-order valence-electron chi connectivity index (χ0n) is 15.9. The molecule has 2 heterocycles. The Kier molecular flexibility index (Phi) is 3.63. The maximum atomic E-state index is 6.70. The Morgan fingerprint density at radius 2 is 1.96 bits per heavy atom. The van der Waals surface area contributed by atoms with Gasteiger partial charge in [-0.3, -0.25) is 0 Å². The third-order valence-corrected chi connectivity index (χ3v) is 6.68. The van der Waals surface area contributed by atoms with Crippen LogP contribution < -0.4 is 10.5 Å². The molecule has 1 aromatic carbocycles. The van der Waals surface area contributed by atoms with Gasteiger partial charge in [-0.25, -0.2) is 0 Å². The van der Waals surface area contributed by atoms with Gasteiger partial charge in [-0.15, -0.1) is 0 Å². The third kappa shape index (κ3) is 2.45. The van der Waals surface area contributed by atoms with E-state index >= 15 is 0 Å². The summed E-state index contributed by atoms with van der Waals surface area (Å²) in [5.41, 5.74) is 10.4. The average Bonchev–Trinajstić information content (AvgIpc) is 2.70. The van der Waals surface area contributed by atoms with E-state index in [1.165, 1.54) is 16.6 Å². The predicted molar refractivity (Wildman–Crippen MR) is 104 cm³/mol. The first-order chi connectivity index (χ1) is 11.7. The second-order valence-corrected chi connectivity index (χ2v) is 8.90. The van der Waals surface area contributed by atoms with Crippen LogP contribution in [0.15, 0.2) is 41.4 Å². The molecule has 2 N–H and O–H groups in total. The highest BCUT2D eigenvalue weighted by atomic mass is 16.5. The fraction of sp³-hybridized carbons (Fsp3) is 0.524. The van der Waals surface area contributed by atoms with Gasteiger partial charge < -0.3 is 15.1 Å². The molecule has 0 bridgehead atoms. The summed E-state index contributed by atoms with van der Waals surface area (Å²) in [5.74, 6) is 1.69. The van der Waals surface area contributed by atoms with Gasteiger partial charge in [-0.1, -0.05) is 39.0 Å². The van der Waals surface area contributed by atoms with E-state index in [1.54, 1.807) is 0 Å². The van der Waals surface area contributed by atoms with E-state index in [0.717, 1.165) is 17.9 Å². The molecule has 1 aromatic rings. The second-order valence-electron chi connectivity index (χ2n) is 8.90. The molecule has 3 aliphatic rings. The van der Waals surface area contributed by atoms with Gasteiger partial charge in [0.2, 0.25) is 0 Å². The van der Waals surface area contributed by atoms with Crippen LogP contribution in [0.2, 0.25) is 0 Å². The Morgan fingerprint density at radius 3 is 2.72 bits per heavy atom. The van der Waals surface area contributed by atoms with Gasteiger partial charge in [0, 0.05) is 17.6 Å². The summed E-state index contributed by atoms with van der Waals surface area (Å²) in [6.07, 6.45) is 5.80. The van der Waals surface area contributed by atoms with Gasteiger partial charge >= 0.3 is 6.92 Å². The van der Waals surface area contributed by atoms with Gasteiger partial charge in [0.05, 0.1) is 5.60 Å². The number of hydrogen-bond donors (Lipinski definition) is 1. The minimum atomic E-state index is -0.222. The molecule has 2 aliphatic heterocycles. The number of ether oxygens (including phenoxy) is 1. The van der Waals surface area contributed by atoms with Crippen LogP contribution in [0, 0.1) is 11.3 Å². The topological polar surface area (TPSA) is 44.5 Å². The van der Waals surface area contributed by atoms with Crippen LogP contribution in [0.3, 0.4) is 0 Å². The number of nitrogen functional groups attached to an aromatic ring is 1. The molecule has 0 spiro atoms. The smallest absolute Gasteiger partial charge is 0.335 e. The summed E-state index contributed by atoms with van der Waals surface area (Å²) in [7, 11) is 0. The highest BCUT2D eigenvalue weighted by Crippen LogP contribution is 2.58. The minimum absolute atomic E-state index is 0.0295. The lowest BCUT2D eigenvalue weighted by Crippen LogP contribution is -2.38. The molecule has 1 aliphatic carbocycles. The maximum Gasteiger partial charge on any atom is 0.335 e. The Balaban J connectivity index is 1.93. The van der Waals surface area contributed by atoms with Gasteiger partial charge in [0.25, 0.3) is 0 Å². The average molecular weight is 337 g/mol. The summed E-state index contributed by atoms with van der Waals surface area (Å²) in [5, 5.41) is 0. The van der Waals surface area contributed by atoms with Crippen LogP contribution in [0.5, 0.6) is 5.75 Å². The molecule has 2 unspecified atom stereocenters. The summed E-state index contributed by atoms with van der Waals surface area (Å²) in [6, 6.07) is 6.08. The summed E-state index contributed by atoms with van der Waals surface area (Å²) in [6.45, 7) is 12.0. The number of allylic oxidation sites excluding steroid dienone is 2. The highest BCUT2D eigenvalue weighted by Gasteiger charge is 2.60. The first kappa shape index (κ1) is 16.8. The number of nitrogens with two attached hydrogens (primary N) is 1. The standard InChI is InChI=1S/C21H28BNO2/c1-13-6-9-17-14(10-13)12-24-18-11-15(23)7-8-16(18)19-20(2,3)21(4,5)25-22(17)19/h7-11,13,19H,6,12,23H2,1-5H3. The Morgan fingerprint density at radius 1 is 1.20 bits per heavy atom. The Hall–Kier alpha value is -1.68. The normalized spacial score (nSPS) is 29.2. The highest BCUT2D eigenvalue weighted by molar-refractivity contribution is 6.64. The van der Waals surface area contributed by atoms with Crippen molar-refractivity contribution in [1.82, 2.24) is 0 Å². The zero-order valence-corrected chi connectivity index (χ0v) is 15.9. The van der Waals surface area contributed by atoms with Crippen molar-refractivity contribution in [3.8, 4) is 5.75 Å². The van der Waals surface area contributed by atoms with Crippen molar-refractivity contribution in [2.45, 2.75) is 52.5 Å². The quantitative estimate of drug-likeness (QED) is 0.558. The molecular formula is C21H28BNO2. The molecular weight excluding hydrogens is 309 g/mol. The molecule has 1 saturated heterocycles. The van der Waals surface area contributed by atoms with Crippen molar-refractivity contribution < 1.29 is 9.39 Å². The van der Waals surface area contributed by atoms with Gasteiger partial charge in [0.1, 0.15) is 12.4 Å². The van der Waals surface area contributed by atoms with E-state index in [1.807, 2.05) is 12.1 Å². The maximum absolute atomic E-state index is 6.70. The van der Waals surface area contributed by atoms with Crippen molar-refractivity contribution in [2.24, 2.45) is 11.3 Å². The lowest BCUT2D eigenvalue weighted by Gasteiger charge is -2.39. The zero-order chi connectivity index (χ0) is 18.0. The molecule has 0 radical (unpaired) electrons. The SMILES string of the molecule is CC1C=C2COc3cc(N)ccc3C3B(OC(C)(C)C3(C)C)C2=CC1. The van der Waals surface area contributed by atoms with Crippen LogP contribution in [-0.2, 0) is 4.65 Å². The van der Waals surface area contributed by atoms with Crippen LogP contribution in [0.1, 0.15) is 52.4 Å². The van der Waals surface area contributed by atoms with E-state index in [0.29, 0.717) is 12.5 Å². The molecule has 0 aromatic heterocycles. The van der Waals surface area contributed by atoms with E-state index in [-0.39, 0.29) is 23.7 Å². The largest absolute Gasteiger partial charge is 0.489 e. The van der Waals surface area contributed by atoms with Crippen molar-refractivity contribution >= 4 is 12.6 Å². The van der Waals surface area contributed by atoms with Crippen molar-refractivity contribution in [3.63, 3.8) is 0 Å². The van der Waals surface area contributed by atoms with Crippen molar-refractivity contribution in [1.29, 1.82) is 0 Å². The summed E-state index contributed by atoms with van der Waals surface area (Å²) < 4.78 is 13.0. The Bertz CT molecular complexity index is 778. The van der Waals surface area contributed by atoms with Gasteiger partial charge in [0.15, 0.2) is 0 Å². The monoisotopic (exact) mass is 337 g/mol. The van der Waals surface area contributed by atoms with Gasteiger partial charge in [-0.2, -0.15) is 0 Å². The molecule has 0 amide bonds. The second kappa shape index (κ2) is 5.41. The lowest BCUT2D eigenvalue weighted by atomic mass is 9.42. The summed E-state index contributed by atoms with van der Waals surface area (Å²) in [4.78, 5) is 0. The molecule has 2 atom stereocenters. The van der Waals surface area contributed by atoms with Crippen LogP contribution in [0.25, 0.3) is 0 Å². The molecule has 1 fully saturated rings. The van der Waals surface area contributed by atoms with E-state index in [9.17, 15) is 0 Å². The van der Waals surface area contributed by atoms with Crippen molar-refractivity contribution in [3.05, 3.63) is 47.0 Å². The van der Waals surface area contributed by atoms with E-state index in [2.05, 4.69) is 52.8 Å². The number of hydrogen-bond acceptors (Lipinski definition) is 3. The Labute approximate surface area is 151 Å². The van der Waals surface area contributed by atoms with Crippen molar-refractivity contribution in [2.75, 3.05) is 12.3 Å². The fourth-order valence-corrected chi connectivity index (χ4v) is 4.56. The number of rotatable bonds is 0. The van der Waals surface area contributed by atoms with Crippen LogP contribution >= 0.6 is 0 Å². The van der Waals surface area contributed by atoms with Crippen LogP contribution in [0.4, 0.5) is 5.69 Å². The number of anilines is 1. The number of benzene rings is 1. The molecule has 3 nitrogen and oxygen atoms in total. The minimum Gasteiger partial charge on any atom is -0.489 e. The molecule has 0 saturated carbocycles. The molecule has 4 rings (SSSR count).